The number of rotatable bonds is 6. The molecule has 7 heteroatoms. The van der Waals surface area contributed by atoms with Crippen molar-refractivity contribution >= 4 is 27.5 Å². The predicted octanol–water partition coefficient (Wildman–Crippen LogP) is 3.33. The van der Waals surface area contributed by atoms with Gasteiger partial charge < -0.3 is 14.8 Å². The van der Waals surface area contributed by atoms with E-state index in [1.165, 1.54) is 4.70 Å². The van der Waals surface area contributed by atoms with Gasteiger partial charge in [-0.15, -0.1) is 11.3 Å². The Kier molecular flexibility index (Phi) is 4.96. The molecular formula is C20H21N3O3S. The Morgan fingerprint density at radius 1 is 1.26 bits per heavy atom. The van der Waals surface area contributed by atoms with Gasteiger partial charge in [0, 0.05) is 6.54 Å². The van der Waals surface area contributed by atoms with E-state index >= 15 is 0 Å². The van der Waals surface area contributed by atoms with E-state index in [2.05, 4.69) is 23.3 Å². The fourth-order valence-corrected chi connectivity index (χ4v) is 4.01. The fourth-order valence-electron chi connectivity index (χ4n) is 2.93. The highest BCUT2D eigenvalue weighted by atomic mass is 32.1. The quantitative estimate of drug-likeness (QED) is 0.707. The molecule has 1 aliphatic heterocycles. The van der Waals surface area contributed by atoms with Crippen LogP contribution in [-0.2, 0) is 11.3 Å². The summed E-state index contributed by atoms with van der Waals surface area (Å²) in [6, 6.07) is 13.9. The van der Waals surface area contributed by atoms with Crippen molar-refractivity contribution in [2.45, 2.75) is 19.5 Å². The van der Waals surface area contributed by atoms with Crippen molar-refractivity contribution in [2.24, 2.45) is 0 Å². The van der Waals surface area contributed by atoms with Gasteiger partial charge in [-0.2, -0.15) is 0 Å². The van der Waals surface area contributed by atoms with Crippen molar-refractivity contribution in [1.29, 1.82) is 0 Å². The normalized spacial score (nSPS) is 13.9. The van der Waals surface area contributed by atoms with Crippen LogP contribution in [0.15, 0.2) is 42.5 Å². The first-order chi connectivity index (χ1) is 13.1. The number of carbonyl (C=O) groups excluding carboxylic acids is 1. The minimum Gasteiger partial charge on any atom is -0.454 e. The second kappa shape index (κ2) is 7.54. The zero-order chi connectivity index (χ0) is 18.8. The number of thiazole rings is 1. The van der Waals surface area contributed by atoms with Crippen LogP contribution in [0.4, 0.5) is 0 Å². The van der Waals surface area contributed by atoms with Crippen molar-refractivity contribution < 1.29 is 14.3 Å². The van der Waals surface area contributed by atoms with E-state index in [9.17, 15) is 4.79 Å². The number of aromatic nitrogens is 1. The van der Waals surface area contributed by atoms with E-state index in [4.69, 9.17) is 9.47 Å². The first-order valence-corrected chi connectivity index (χ1v) is 9.63. The van der Waals surface area contributed by atoms with E-state index in [-0.39, 0.29) is 18.7 Å². The molecule has 0 fully saturated rings. The molecule has 3 aromatic rings. The third kappa shape index (κ3) is 3.89. The second-order valence-corrected chi connectivity index (χ2v) is 7.64. The van der Waals surface area contributed by atoms with E-state index in [0.717, 1.165) is 27.6 Å². The molecule has 1 atom stereocenters. The van der Waals surface area contributed by atoms with Gasteiger partial charge >= 0.3 is 0 Å². The number of fused-ring (bicyclic) bond motifs is 2. The van der Waals surface area contributed by atoms with Gasteiger partial charge in [0.15, 0.2) is 11.5 Å². The summed E-state index contributed by atoms with van der Waals surface area (Å²) < 4.78 is 11.8. The van der Waals surface area contributed by atoms with Gasteiger partial charge in [-0.05, 0) is 43.8 Å². The number of amides is 1. The van der Waals surface area contributed by atoms with Crippen LogP contribution >= 0.6 is 11.3 Å². The van der Waals surface area contributed by atoms with Gasteiger partial charge in [-0.3, -0.25) is 9.69 Å². The molecule has 1 aliphatic rings. The standard InChI is InChI=1S/C20H21N3O3S/c1-13(20-22-15-5-3-4-6-18(15)27-20)23(2)11-19(24)21-10-14-7-8-16-17(9-14)26-12-25-16/h3-9,13H,10-12H2,1-2H3,(H,21,24)/t13-/m1/s1. The number of likely N-dealkylation sites (N-methyl/N-ethyl adjacent to an activating group) is 1. The first-order valence-electron chi connectivity index (χ1n) is 8.81. The van der Waals surface area contributed by atoms with Crippen LogP contribution in [0.25, 0.3) is 10.2 Å². The molecule has 27 heavy (non-hydrogen) atoms. The second-order valence-electron chi connectivity index (χ2n) is 6.58. The largest absolute Gasteiger partial charge is 0.454 e. The zero-order valence-corrected chi connectivity index (χ0v) is 16.1. The van der Waals surface area contributed by atoms with Crippen LogP contribution in [0.2, 0.25) is 0 Å². The van der Waals surface area contributed by atoms with Crippen LogP contribution in [0.5, 0.6) is 11.5 Å². The van der Waals surface area contributed by atoms with Crippen molar-refractivity contribution in [3.05, 3.63) is 53.0 Å². The lowest BCUT2D eigenvalue weighted by molar-refractivity contribution is -0.122. The van der Waals surface area contributed by atoms with Crippen molar-refractivity contribution in [3.63, 3.8) is 0 Å². The number of carbonyl (C=O) groups is 1. The summed E-state index contributed by atoms with van der Waals surface area (Å²) >= 11 is 1.67. The molecule has 0 spiro atoms. The SMILES string of the molecule is C[C@H](c1nc2ccccc2s1)N(C)CC(=O)NCc1ccc2c(c1)OCO2. The molecule has 6 nitrogen and oxygen atoms in total. The zero-order valence-electron chi connectivity index (χ0n) is 15.3. The van der Waals surface area contributed by atoms with Gasteiger partial charge in [0.25, 0.3) is 0 Å². The minimum atomic E-state index is -0.0249. The summed E-state index contributed by atoms with van der Waals surface area (Å²) in [5.41, 5.74) is 1.99. The number of hydrogen-bond acceptors (Lipinski definition) is 6. The van der Waals surface area contributed by atoms with Crippen LogP contribution < -0.4 is 14.8 Å². The van der Waals surface area contributed by atoms with Crippen LogP contribution in [0.1, 0.15) is 23.5 Å². The van der Waals surface area contributed by atoms with E-state index in [1.807, 2.05) is 48.3 Å². The summed E-state index contributed by atoms with van der Waals surface area (Å²) in [4.78, 5) is 19.0. The lowest BCUT2D eigenvalue weighted by Crippen LogP contribution is -2.36. The first kappa shape index (κ1) is 17.8. The number of nitrogens with zero attached hydrogens (tertiary/aromatic N) is 2. The van der Waals surface area contributed by atoms with Crippen molar-refractivity contribution in [1.82, 2.24) is 15.2 Å². The maximum Gasteiger partial charge on any atom is 0.234 e. The van der Waals surface area contributed by atoms with Crippen molar-refractivity contribution in [2.75, 3.05) is 20.4 Å². The van der Waals surface area contributed by atoms with Crippen LogP contribution in [0.3, 0.4) is 0 Å². The topological polar surface area (TPSA) is 63.7 Å². The van der Waals surface area contributed by atoms with E-state index in [0.29, 0.717) is 13.1 Å². The number of nitrogens with one attached hydrogen (secondary N) is 1. The summed E-state index contributed by atoms with van der Waals surface area (Å²) in [5, 5.41) is 3.98. The monoisotopic (exact) mass is 383 g/mol. The predicted molar refractivity (Wildman–Crippen MR) is 105 cm³/mol. The lowest BCUT2D eigenvalue weighted by atomic mass is 10.2. The van der Waals surface area contributed by atoms with Gasteiger partial charge in [0.05, 0.1) is 22.8 Å². The maximum absolute atomic E-state index is 12.3. The molecule has 140 valence electrons. The molecule has 0 bridgehead atoms. The molecule has 1 N–H and O–H groups in total. The molecule has 0 radical (unpaired) electrons. The average Bonchev–Trinajstić information content (AvgIpc) is 3.31. The summed E-state index contributed by atoms with van der Waals surface area (Å²) in [7, 11) is 1.94. The maximum atomic E-state index is 12.3. The number of benzene rings is 2. The van der Waals surface area contributed by atoms with Gasteiger partial charge in [0.1, 0.15) is 5.01 Å². The third-order valence-electron chi connectivity index (χ3n) is 4.65. The number of para-hydroxylation sites is 1. The Morgan fingerprint density at radius 3 is 2.93 bits per heavy atom. The van der Waals surface area contributed by atoms with Crippen LogP contribution in [-0.4, -0.2) is 36.2 Å². The Morgan fingerprint density at radius 2 is 2.07 bits per heavy atom. The molecule has 1 aromatic heterocycles. The summed E-state index contributed by atoms with van der Waals surface area (Å²) in [5.74, 6) is 1.45. The van der Waals surface area contributed by atoms with E-state index < -0.39 is 0 Å². The highest BCUT2D eigenvalue weighted by Gasteiger charge is 2.19. The van der Waals surface area contributed by atoms with E-state index in [1.54, 1.807) is 11.3 Å². The Bertz CT molecular complexity index is 939. The van der Waals surface area contributed by atoms with Gasteiger partial charge in [-0.25, -0.2) is 4.98 Å². The molecule has 0 unspecified atom stereocenters. The van der Waals surface area contributed by atoms with Gasteiger partial charge in [0.2, 0.25) is 12.7 Å². The molecule has 0 aliphatic carbocycles. The number of ether oxygens (including phenoxy) is 2. The summed E-state index contributed by atoms with van der Waals surface area (Å²) in [6.07, 6.45) is 0. The van der Waals surface area contributed by atoms with Crippen molar-refractivity contribution in [3.8, 4) is 11.5 Å². The molecule has 2 heterocycles. The molecular weight excluding hydrogens is 362 g/mol. The Labute approximate surface area is 161 Å². The Balaban J connectivity index is 1.33. The average molecular weight is 383 g/mol. The Hall–Kier alpha value is -2.64. The van der Waals surface area contributed by atoms with Gasteiger partial charge in [-0.1, -0.05) is 18.2 Å². The molecule has 0 saturated carbocycles. The minimum absolute atomic E-state index is 0.0249. The third-order valence-corrected chi connectivity index (χ3v) is 5.86. The molecule has 2 aromatic carbocycles. The highest BCUT2D eigenvalue weighted by Crippen LogP contribution is 2.32. The fraction of sp³-hybridized carbons (Fsp3) is 0.300. The summed E-state index contributed by atoms with van der Waals surface area (Å²) in [6.45, 7) is 3.09. The van der Waals surface area contributed by atoms with Crippen LogP contribution in [0, 0.1) is 0 Å². The lowest BCUT2D eigenvalue weighted by Gasteiger charge is -2.22. The molecule has 1 amide bonds. The smallest absolute Gasteiger partial charge is 0.234 e. The molecule has 0 saturated heterocycles. The molecule has 4 rings (SSSR count). The highest BCUT2D eigenvalue weighted by molar-refractivity contribution is 7.18. The number of hydrogen-bond donors (Lipinski definition) is 1.